The highest BCUT2D eigenvalue weighted by atomic mass is 16.5. The van der Waals surface area contributed by atoms with Gasteiger partial charge in [0.15, 0.2) is 0 Å². The van der Waals surface area contributed by atoms with Gasteiger partial charge in [-0.3, -0.25) is 0 Å². The molecule has 0 heterocycles. The van der Waals surface area contributed by atoms with Gasteiger partial charge in [-0.15, -0.1) is 0 Å². The SMILES string of the molecule is COCCCCCCNCCO. The molecule has 0 fully saturated rings. The van der Waals surface area contributed by atoms with E-state index >= 15 is 0 Å². The number of hydrogen-bond donors (Lipinski definition) is 2. The molecule has 0 amide bonds. The average molecular weight is 175 g/mol. The maximum absolute atomic E-state index is 8.46. The summed E-state index contributed by atoms with van der Waals surface area (Å²) in [5.74, 6) is 0. The third-order valence-corrected chi connectivity index (χ3v) is 1.74. The first-order valence-electron chi connectivity index (χ1n) is 4.72. The van der Waals surface area contributed by atoms with E-state index in [0.29, 0.717) is 0 Å². The third kappa shape index (κ3) is 9.88. The van der Waals surface area contributed by atoms with Gasteiger partial charge in [-0.25, -0.2) is 0 Å². The molecule has 3 nitrogen and oxygen atoms in total. The Morgan fingerprint density at radius 2 is 1.83 bits per heavy atom. The lowest BCUT2D eigenvalue weighted by Gasteiger charge is -2.02. The lowest BCUT2D eigenvalue weighted by molar-refractivity contribution is 0.192. The van der Waals surface area contributed by atoms with Gasteiger partial charge in [-0.05, 0) is 19.4 Å². The number of nitrogens with one attached hydrogen (secondary N) is 1. The molecule has 0 saturated heterocycles. The minimum Gasteiger partial charge on any atom is -0.395 e. The summed E-state index contributed by atoms with van der Waals surface area (Å²) < 4.78 is 4.94. The van der Waals surface area contributed by atoms with Crippen molar-refractivity contribution in [1.82, 2.24) is 5.32 Å². The molecular formula is C9H21NO2. The van der Waals surface area contributed by atoms with Crippen LogP contribution in [0.25, 0.3) is 0 Å². The predicted octanol–water partition coefficient (Wildman–Crippen LogP) is 0.775. The van der Waals surface area contributed by atoms with Gasteiger partial charge in [-0.1, -0.05) is 12.8 Å². The van der Waals surface area contributed by atoms with E-state index in [4.69, 9.17) is 9.84 Å². The average Bonchev–Trinajstić information content (AvgIpc) is 2.10. The Kier molecular flexibility index (Phi) is 10.8. The van der Waals surface area contributed by atoms with Crippen molar-refractivity contribution in [3.8, 4) is 0 Å². The zero-order chi connectivity index (χ0) is 9.07. The fourth-order valence-corrected chi connectivity index (χ4v) is 1.05. The van der Waals surface area contributed by atoms with Crippen molar-refractivity contribution in [2.45, 2.75) is 25.7 Å². The first-order chi connectivity index (χ1) is 5.91. The highest BCUT2D eigenvalue weighted by molar-refractivity contribution is 4.47. The zero-order valence-corrected chi connectivity index (χ0v) is 8.01. The first kappa shape index (κ1) is 11.9. The molecule has 0 aromatic carbocycles. The third-order valence-electron chi connectivity index (χ3n) is 1.74. The Morgan fingerprint density at radius 1 is 1.08 bits per heavy atom. The highest BCUT2D eigenvalue weighted by Crippen LogP contribution is 1.98. The lowest BCUT2D eigenvalue weighted by Crippen LogP contribution is -2.19. The van der Waals surface area contributed by atoms with Gasteiger partial charge in [0, 0.05) is 20.3 Å². The second kappa shape index (κ2) is 10.9. The predicted molar refractivity (Wildman–Crippen MR) is 50.3 cm³/mol. The van der Waals surface area contributed by atoms with Crippen molar-refractivity contribution >= 4 is 0 Å². The summed E-state index contributed by atoms with van der Waals surface area (Å²) in [5.41, 5.74) is 0. The van der Waals surface area contributed by atoms with Crippen LogP contribution in [0.2, 0.25) is 0 Å². The summed E-state index contributed by atoms with van der Waals surface area (Å²) in [6.07, 6.45) is 4.86. The maximum Gasteiger partial charge on any atom is 0.0555 e. The molecule has 0 aliphatic heterocycles. The molecule has 0 aliphatic rings. The minimum atomic E-state index is 0.240. The van der Waals surface area contributed by atoms with E-state index in [-0.39, 0.29) is 6.61 Å². The lowest BCUT2D eigenvalue weighted by atomic mass is 10.2. The smallest absolute Gasteiger partial charge is 0.0555 e. The van der Waals surface area contributed by atoms with Gasteiger partial charge in [0.25, 0.3) is 0 Å². The first-order valence-corrected chi connectivity index (χ1v) is 4.72. The van der Waals surface area contributed by atoms with Crippen molar-refractivity contribution in [3.05, 3.63) is 0 Å². The normalized spacial score (nSPS) is 10.5. The van der Waals surface area contributed by atoms with Crippen LogP contribution in [0.15, 0.2) is 0 Å². The quantitative estimate of drug-likeness (QED) is 0.509. The number of aliphatic hydroxyl groups excluding tert-OH is 1. The Morgan fingerprint density at radius 3 is 2.50 bits per heavy atom. The number of methoxy groups -OCH3 is 1. The van der Waals surface area contributed by atoms with Gasteiger partial charge in [0.2, 0.25) is 0 Å². The molecule has 0 rings (SSSR count). The van der Waals surface area contributed by atoms with Gasteiger partial charge in [-0.2, -0.15) is 0 Å². The van der Waals surface area contributed by atoms with Gasteiger partial charge < -0.3 is 15.2 Å². The van der Waals surface area contributed by atoms with E-state index in [0.717, 1.165) is 26.1 Å². The molecule has 74 valence electrons. The topological polar surface area (TPSA) is 41.5 Å². The van der Waals surface area contributed by atoms with Crippen LogP contribution >= 0.6 is 0 Å². The van der Waals surface area contributed by atoms with Gasteiger partial charge >= 0.3 is 0 Å². The van der Waals surface area contributed by atoms with Crippen molar-refractivity contribution in [3.63, 3.8) is 0 Å². The summed E-state index contributed by atoms with van der Waals surface area (Å²) >= 11 is 0. The molecule has 0 aromatic heterocycles. The molecule has 2 N–H and O–H groups in total. The van der Waals surface area contributed by atoms with E-state index < -0.39 is 0 Å². The zero-order valence-electron chi connectivity index (χ0n) is 8.01. The molecular weight excluding hydrogens is 154 g/mol. The van der Waals surface area contributed by atoms with Gasteiger partial charge in [0.1, 0.15) is 0 Å². The fraction of sp³-hybridized carbons (Fsp3) is 1.00. The second-order valence-electron chi connectivity index (χ2n) is 2.88. The number of hydrogen-bond acceptors (Lipinski definition) is 3. The Balaban J connectivity index is 2.73. The molecule has 0 bridgehead atoms. The molecule has 12 heavy (non-hydrogen) atoms. The summed E-state index contributed by atoms with van der Waals surface area (Å²) in [6, 6.07) is 0. The molecule has 0 unspecified atom stereocenters. The van der Waals surface area contributed by atoms with Crippen LogP contribution in [0.5, 0.6) is 0 Å². The highest BCUT2D eigenvalue weighted by Gasteiger charge is 1.89. The molecule has 0 aliphatic carbocycles. The van der Waals surface area contributed by atoms with E-state index in [1.165, 1.54) is 19.3 Å². The van der Waals surface area contributed by atoms with Crippen molar-refractivity contribution in [2.75, 3.05) is 33.4 Å². The van der Waals surface area contributed by atoms with Crippen LogP contribution < -0.4 is 5.32 Å². The van der Waals surface area contributed by atoms with E-state index in [2.05, 4.69) is 5.32 Å². The van der Waals surface area contributed by atoms with Crippen LogP contribution in [-0.2, 0) is 4.74 Å². The number of unbranched alkanes of at least 4 members (excludes halogenated alkanes) is 3. The summed E-state index contributed by atoms with van der Waals surface area (Å²) in [7, 11) is 1.74. The molecule has 0 spiro atoms. The second-order valence-corrected chi connectivity index (χ2v) is 2.88. The molecule has 3 heteroatoms. The van der Waals surface area contributed by atoms with Crippen LogP contribution in [0.4, 0.5) is 0 Å². The molecule has 0 saturated carbocycles. The monoisotopic (exact) mass is 175 g/mol. The van der Waals surface area contributed by atoms with Crippen LogP contribution in [0.3, 0.4) is 0 Å². The van der Waals surface area contributed by atoms with E-state index in [9.17, 15) is 0 Å². The van der Waals surface area contributed by atoms with Gasteiger partial charge in [0.05, 0.1) is 6.61 Å². The summed E-state index contributed by atoms with van der Waals surface area (Å²) in [4.78, 5) is 0. The molecule has 0 atom stereocenters. The summed E-state index contributed by atoms with van der Waals surface area (Å²) in [6.45, 7) is 2.86. The number of ether oxygens (including phenoxy) is 1. The Labute approximate surface area is 75.1 Å². The summed E-state index contributed by atoms with van der Waals surface area (Å²) in [5, 5.41) is 11.6. The van der Waals surface area contributed by atoms with Crippen molar-refractivity contribution in [2.24, 2.45) is 0 Å². The number of aliphatic hydroxyl groups is 1. The number of rotatable bonds is 9. The van der Waals surface area contributed by atoms with Crippen LogP contribution in [0, 0.1) is 0 Å². The van der Waals surface area contributed by atoms with E-state index in [1.807, 2.05) is 0 Å². The Hall–Kier alpha value is -0.120. The maximum atomic E-state index is 8.46. The van der Waals surface area contributed by atoms with Crippen molar-refractivity contribution in [1.29, 1.82) is 0 Å². The Bertz CT molecular complexity index is 68.9. The minimum absolute atomic E-state index is 0.240. The fourth-order valence-electron chi connectivity index (χ4n) is 1.05. The van der Waals surface area contributed by atoms with Crippen LogP contribution in [0.1, 0.15) is 25.7 Å². The van der Waals surface area contributed by atoms with Crippen molar-refractivity contribution < 1.29 is 9.84 Å². The standard InChI is InChI=1S/C9H21NO2/c1-12-9-5-3-2-4-6-10-7-8-11/h10-11H,2-9H2,1H3. The molecule has 0 radical (unpaired) electrons. The van der Waals surface area contributed by atoms with Crippen LogP contribution in [-0.4, -0.2) is 38.5 Å². The largest absolute Gasteiger partial charge is 0.395 e. The van der Waals surface area contributed by atoms with E-state index in [1.54, 1.807) is 7.11 Å². The molecule has 0 aromatic rings.